The van der Waals surface area contributed by atoms with Gasteiger partial charge >= 0.3 is 0 Å². The monoisotopic (exact) mass is 277 g/mol. The van der Waals surface area contributed by atoms with Gasteiger partial charge in [-0.05, 0) is 24.5 Å². The molecule has 1 aliphatic carbocycles. The normalized spacial score (nSPS) is 22.4. The van der Waals surface area contributed by atoms with E-state index >= 15 is 0 Å². The van der Waals surface area contributed by atoms with Crippen molar-refractivity contribution in [1.29, 1.82) is 0 Å². The molecule has 0 aromatic carbocycles. The second kappa shape index (κ2) is 5.48. The van der Waals surface area contributed by atoms with E-state index in [0.717, 1.165) is 24.9 Å². The summed E-state index contributed by atoms with van der Waals surface area (Å²) in [5, 5.41) is 2.79. The Labute approximate surface area is 118 Å². The van der Waals surface area contributed by atoms with Gasteiger partial charge < -0.3 is 5.32 Å². The van der Waals surface area contributed by atoms with E-state index in [-0.39, 0.29) is 18.9 Å². The maximum absolute atomic E-state index is 14.6. The zero-order valence-electron chi connectivity index (χ0n) is 11.5. The summed E-state index contributed by atoms with van der Waals surface area (Å²) in [6.07, 6.45) is 6.13. The highest BCUT2D eigenvalue weighted by atomic mass is 19.1. The highest BCUT2D eigenvalue weighted by Gasteiger charge is 2.43. The molecule has 1 aromatic heterocycles. The van der Waals surface area contributed by atoms with Crippen molar-refractivity contribution in [2.24, 2.45) is 0 Å². The number of likely N-dealkylation sites (tertiary alicyclic amines) is 1. The van der Waals surface area contributed by atoms with Crippen LogP contribution in [0.5, 0.6) is 0 Å². The Morgan fingerprint density at radius 1 is 1.45 bits per heavy atom. The molecule has 0 atom stereocenters. The molecule has 1 amide bonds. The molecule has 108 valence electrons. The van der Waals surface area contributed by atoms with Crippen LogP contribution >= 0.6 is 0 Å². The number of halogens is 1. The predicted molar refractivity (Wildman–Crippen MR) is 73.8 cm³/mol. The molecule has 2 fully saturated rings. The zero-order chi connectivity index (χ0) is 14.0. The average Bonchev–Trinajstić information content (AvgIpc) is 3.27. The Hall–Kier alpha value is -1.49. The molecule has 0 unspecified atom stereocenters. The van der Waals surface area contributed by atoms with Gasteiger partial charge in [0.05, 0.1) is 0 Å². The van der Waals surface area contributed by atoms with E-state index in [1.165, 1.54) is 0 Å². The molecule has 20 heavy (non-hydrogen) atoms. The summed E-state index contributed by atoms with van der Waals surface area (Å²) in [5.74, 6) is -0.402. The van der Waals surface area contributed by atoms with Gasteiger partial charge in [-0.15, -0.1) is 0 Å². The van der Waals surface area contributed by atoms with Crippen LogP contribution in [0.3, 0.4) is 0 Å². The Balaban J connectivity index is 1.52. The minimum Gasteiger partial charge on any atom is -0.351 e. The molecule has 2 heterocycles. The average molecular weight is 277 g/mol. The number of nitrogens with one attached hydrogen (secondary N) is 1. The quantitative estimate of drug-likeness (QED) is 0.910. The van der Waals surface area contributed by atoms with Gasteiger partial charge in [0.25, 0.3) is 5.91 Å². The lowest BCUT2D eigenvalue weighted by Crippen LogP contribution is -2.51. The number of alkyl halides is 1. The zero-order valence-corrected chi connectivity index (χ0v) is 11.5. The number of pyridine rings is 1. The second-order valence-electron chi connectivity index (χ2n) is 5.85. The van der Waals surface area contributed by atoms with Crippen molar-refractivity contribution in [1.82, 2.24) is 15.2 Å². The standard InChI is InChI=1S/C15H20FN3O/c16-15(14(20)18-13-3-4-13)5-8-19(9-6-15)11-12-2-1-7-17-10-12/h1-2,7,10,13H,3-6,8-9,11H2,(H,18,20). The van der Waals surface area contributed by atoms with Crippen molar-refractivity contribution >= 4 is 5.91 Å². The van der Waals surface area contributed by atoms with E-state index in [1.54, 1.807) is 6.20 Å². The summed E-state index contributed by atoms with van der Waals surface area (Å²) in [6, 6.07) is 4.15. The molecule has 1 N–H and O–H groups in total. The van der Waals surface area contributed by atoms with Gasteiger partial charge in [0.15, 0.2) is 5.67 Å². The third kappa shape index (κ3) is 3.15. The van der Waals surface area contributed by atoms with Crippen LogP contribution in [-0.4, -0.2) is 40.6 Å². The molecule has 3 rings (SSSR count). The van der Waals surface area contributed by atoms with Crippen LogP contribution in [0.4, 0.5) is 4.39 Å². The number of hydrogen-bond donors (Lipinski definition) is 1. The highest BCUT2D eigenvalue weighted by Crippen LogP contribution is 2.29. The number of carbonyl (C=O) groups is 1. The van der Waals surface area contributed by atoms with Gasteiger partial charge in [-0.1, -0.05) is 6.07 Å². The first-order chi connectivity index (χ1) is 9.66. The molecular weight excluding hydrogens is 257 g/mol. The molecule has 0 radical (unpaired) electrons. The molecule has 5 heteroatoms. The maximum atomic E-state index is 14.6. The van der Waals surface area contributed by atoms with E-state index in [4.69, 9.17) is 0 Å². The van der Waals surface area contributed by atoms with Crippen LogP contribution in [0.15, 0.2) is 24.5 Å². The number of carbonyl (C=O) groups excluding carboxylic acids is 1. The number of piperidine rings is 1. The lowest BCUT2D eigenvalue weighted by Gasteiger charge is -2.35. The van der Waals surface area contributed by atoms with Crippen LogP contribution in [0.25, 0.3) is 0 Å². The first-order valence-corrected chi connectivity index (χ1v) is 7.27. The van der Waals surface area contributed by atoms with Gasteiger partial charge in [0.1, 0.15) is 0 Å². The fourth-order valence-corrected chi connectivity index (χ4v) is 2.58. The molecule has 1 saturated heterocycles. The SMILES string of the molecule is O=C(NC1CC1)C1(F)CCN(Cc2cccnc2)CC1. The van der Waals surface area contributed by atoms with Crippen LogP contribution in [0, 0.1) is 0 Å². The van der Waals surface area contributed by atoms with Crippen LogP contribution in [-0.2, 0) is 11.3 Å². The summed E-state index contributed by atoms with van der Waals surface area (Å²) < 4.78 is 14.6. The van der Waals surface area contributed by atoms with Crippen molar-refractivity contribution in [3.05, 3.63) is 30.1 Å². The van der Waals surface area contributed by atoms with Gasteiger partial charge in [-0.2, -0.15) is 0 Å². The molecule has 4 nitrogen and oxygen atoms in total. The van der Waals surface area contributed by atoms with Crippen LogP contribution in [0.1, 0.15) is 31.2 Å². The van der Waals surface area contributed by atoms with Crippen molar-refractivity contribution in [2.45, 2.75) is 43.9 Å². The van der Waals surface area contributed by atoms with Gasteiger partial charge in [-0.3, -0.25) is 14.7 Å². The third-order valence-electron chi connectivity index (χ3n) is 4.10. The van der Waals surface area contributed by atoms with Gasteiger partial charge in [-0.25, -0.2) is 4.39 Å². The van der Waals surface area contributed by atoms with Gasteiger partial charge in [0, 0.05) is 50.9 Å². The van der Waals surface area contributed by atoms with E-state index in [0.29, 0.717) is 13.1 Å². The molecule has 0 spiro atoms. The van der Waals surface area contributed by atoms with E-state index < -0.39 is 11.6 Å². The minimum absolute atomic E-state index is 0.226. The summed E-state index contributed by atoms with van der Waals surface area (Å²) in [7, 11) is 0. The first-order valence-electron chi connectivity index (χ1n) is 7.27. The highest BCUT2D eigenvalue weighted by molar-refractivity contribution is 5.85. The number of nitrogens with zero attached hydrogens (tertiary/aromatic N) is 2. The number of amides is 1. The summed E-state index contributed by atoms with van der Waals surface area (Å²) in [5.41, 5.74) is -0.546. The Morgan fingerprint density at radius 3 is 2.80 bits per heavy atom. The molecule has 1 aliphatic heterocycles. The van der Waals surface area contributed by atoms with Crippen molar-refractivity contribution in [2.75, 3.05) is 13.1 Å². The lowest BCUT2D eigenvalue weighted by atomic mass is 9.92. The Kier molecular flexibility index (Phi) is 3.70. The van der Waals surface area contributed by atoms with E-state index in [9.17, 15) is 9.18 Å². The number of rotatable bonds is 4. The largest absolute Gasteiger partial charge is 0.351 e. The summed E-state index contributed by atoms with van der Waals surface area (Å²) in [6.45, 7) is 2.00. The third-order valence-corrected chi connectivity index (χ3v) is 4.10. The molecular formula is C15H20FN3O. The molecule has 1 aromatic rings. The second-order valence-corrected chi connectivity index (χ2v) is 5.85. The smallest absolute Gasteiger partial charge is 0.257 e. The Bertz CT molecular complexity index is 467. The van der Waals surface area contributed by atoms with Crippen molar-refractivity contribution in [3.63, 3.8) is 0 Å². The van der Waals surface area contributed by atoms with Crippen LogP contribution < -0.4 is 5.32 Å². The number of aromatic nitrogens is 1. The fourth-order valence-electron chi connectivity index (χ4n) is 2.58. The lowest BCUT2D eigenvalue weighted by molar-refractivity contribution is -0.136. The summed E-state index contributed by atoms with van der Waals surface area (Å²) in [4.78, 5) is 18.2. The topological polar surface area (TPSA) is 45.2 Å². The molecule has 1 saturated carbocycles. The molecule has 0 bridgehead atoms. The van der Waals surface area contributed by atoms with Gasteiger partial charge in [0.2, 0.25) is 0 Å². The number of hydrogen-bond acceptors (Lipinski definition) is 3. The van der Waals surface area contributed by atoms with Crippen molar-refractivity contribution < 1.29 is 9.18 Å². The van der Waals surface area contributed by atoms with Crippen molar-refractivity contribution in [3.8, 4) is 0 Å². The Morgan fingerprint density at radius 2 is 2.20 bits per heavy atom. The fraction of sp³-hybridized carbons (Fsp3) is 0.600. The van der Waals surface area contributed by atoms with Crippen LogP contribution in [0.2, 0.25) is 0 Å². The van der Waals surface area contributed by atoms with E-state index in [2.05, 4.69) is 15.2 Å². The predicted octanol–water partition coefficient (Wildman–Crippen LogP) is 1.66. The first kappa shape index (κ1) is 13.5. The van der Waals surface area contributed by atoms with E-state index in [1.807, 2.05) is 18.3 Å². The molecule has 2 aliphatic rings. The minimum atomic E-state index is -1.67. The maximum Gasteiger partial charge on any atom is 0.257 e. The summed E-state index contributed by atoms with van der Waals surface area (Å²) >= 11 is 0.